The van der Waals surface area contributed by atoms with Crippen LogP contribution in [-0.4, -0.2) is 15.8 Å². The van der Waals surface area contributed by atoms with E-state index in [1.54, 1.807) is 19.4 Å². The van der Waals surface area contributed by atoms with E-state index in [0.717, 1.165) is 18.5 Å². The number of imidazole rings is 1. The fourth-order valence-corrected chi connectivity index (χ4v) is 1.30. The van der Waals surface area contributed by atoms with Gasteiger partial charge in [-0.15, -0.1) is 0 Å². The van der Waals surface area contributed by atoms with E-state index in [1.807, 2.05) is 41.5 Å². The SMILES string of the molecule is CC.CC.CCC(C)(Cc1cnc[nH]1)C(C)=O. The first-order valence-corrected chi connectivity index (χ1v) is 6.57. The van der Waals surface area contributed by atoms with Gasteiger partial charge in [-0.1, -0.05) is 41.5 Å². The molecule has 3 heteroatoms. The minimum atomic E-state index is -0.244. The molecule has 1 rings (SSSR count). The molecule has 1 aromatic rings. The standard InChI is InChI=1S/C10H16N2O.2C2H6/c1-4-10(3,8(2)13)5-9-6-11-7-12-9;2*1-2/h6-7H,4-5H2,1-3H3,(H,11,12);2*1-2H3. The Hall–Kier alpha value is -1.12. The van der Waals surface area contributed by atoms with Gasteiger partial charge in [0, 0.05) is 23.7 Å². The Labute approximate surface area is 106 Å². The van der Waals surface area contributed by atoms with E-state index < -0.39 is 0 Å². The number of rotatable bonds is 4. The van der Waals surface area contributed by atoms with Gasteiger partial charge in [0.05, 0.1) is 6.33 Å². The van der Waals surface area contributed by atoms with Crippen molar-refractivity contribution in [2.45, 2.75) is 61.3 Å². The summed E-state index contributed by atoms with van der Waals surface area (Å²) in [4.78, 5) is 18.3. The molecule has 0 aromatic carbocycles. The largest absolute Gasteiger partial charge is 0.348 e. The average molecular weight is 240 g/mol. The van der Waals surface area contributed by atoms with Gasteiger partial charge < -0.3 is 4.98 Å². The molecule has 1 unspecified atom stereocenters. The summed E-state index contributed by atoms with van der Waals surface area (Å²) in [6.45, 7) is 13.7. The first-order valence-electron chi connectivity index (χ1n) is 6.57. The van der Waals surface area contributed by atoms with Crippen LogP contribution in [0.25, 0.3) is 0 Å². The summed E-state index contributed by atoms with van der Waals surface area (Å²) in [7, 11) is 0. The summed E-state index contributed by atoms with van der Waals surface area (Å²) >= 11 is 0. The van der Waals surface area contributed by atoms with Gasteiger partial charge >= 0.3 is 0 Å². The molecule has 17 heavy (non-hydrogen) atoms. The van der Waals surface area contributed by atoms with Crippen molar-refractivity contribution in [2.24, 2.45) is 5.41 Å². The second kappa shape index (κ2) is 10.1. The molecule has 0 amide bonds. The molecule has 1 aromatic heterocycles. The van der Waals surface area contributed by atoms with Gasteiger partial charge in [-0.05, 0) is 13.3 Å². The molecule has 1 heterocycles. The van der Waals surface area contributed by atoms with Crippen molar-refractivity contribution in [1.29, 1.82) is 0 Å². The maximum Gasteiger partial charge on any atom is 0.136 e. The van der Waals surface area contributed by atoms with Crippen LogP contribution in [-0.2, 0) is 11.2 Å². The van der Waals surface area contributed by atoms with Crippen molar-refractivity contribution in [3.8, 4) is 0 Å². The van der Waals surface area contributed by atoms with Crippen LogP contribution in [0.4, 0.5) is 0 Å². The molecule has 0 aliphatic carbocycles. The average Bonchev–Trinajstić information content (AvgIpc) is 2.86. The Morgan fingerprint density at radius 3 is 2.18 bits per heavy atom. The van der Waals surface area contributed by atoms with Crippen molar-refractivity contribution in [3.05, 3.63) is 18.2 Å². The zero-order valence-corrected chi connectivity index (χ0v) is 12.4. The van der Waals surface area contributed by atoms with E-state index in [0.29, 0.717) is 0 Å². The maximum atomic E-state index is 11.4. The number of hydrogen-bond acceptors (Lipinski definition) is 2. The molecular formula is C14H28N2O. The normalized spacial score (nSPS) is 12.4. The minimum Gasteiger partial charge on any atom is -0.348 e. The van der Waals surface area contributed by atoms with E-state index in [-0.39, 0.29) is 11.2 Å². The number of aromatic nitrogens is 2. The molecule has 3 nitrogen and oxygen atoms in total. The lowest BCUT2D eigenvalue weighted by molar-refractivity contribution is -0.125. The fourth-order valence-electron chi connectivity index (χ4n) is 1.30. The number of carbonyl (C=O) groups excluding carboxylic acids is 1. The summed E-state index contributed by atoms with van der Waals surface area (Å²) in [5.41, 5.74) is 0.784. The van der Waals surface area contributed by atoms with Gasteiger partial charge in [-0.25, -0.2) is 4.98 Å². The lowest BCUT2D eigenvalue weighted by Gasteiger charge is -2.23. The molecule has 0 saturated heterocycles. The first-order chi connectivity index (χ1) is 8.08. The van der Waals surface area contributed by atoms with Crippen LogP contribution >= 0.6 is 0 Å². The quantitative estimate of drug-likeness (QED) is 0.864. The number of Topliss-reactive ketones (excluding diaryl/α,β-unsaturated/α-hetero) is 1. The van der Waals surface area contributed by atoms with Crippen LogP contribution in [0, 0.1) is 5.41 Å². The minimum absolute atomic E-state index is 0.240. The lowest BCUT2D eigenvalue weighted by Crippen LogP contribution is -2.27. The highest BCUT2D eigenvalue weighted by Crippen LogP contribution is 2.26. The predicted octanol–water partition coefficient (Wildman–Crippen LogP) is 4.01. The molecule has 0 saturated carbocycles. The van der Waals surface area contributed by atoms with Crippen LogP contribution in [0.15, 0.2) is 12.5 Å². The number of ketones is 1. The predicted molar refractivity (Wildman–Crippen MR) is 74.1 cm³/mol. The Morgan fingerprint density at radius 2 is 1.88 bits per heavy atom. The molecule has 1 atom stereocenters. The van der Waals surface area contributed by atoms with Crippen LogP contribution in [0.3, 0.4) is 0 Å². The van der Waals surface area contributed by atoms with Crippen LogP contribution < -0.4 is 0 Å². The van der Waals surface area contributed by atoms with Crippen molar-refractivity contribution >= 4 is 5.78 Å². The van der Waals surface area contributed by atoms with E-state index in [2.05, 4.69) is 9.97 Å². The highest BCUT2D eigenvalue weighted by molar-refractivity contribution is 5.82. The van der Waals surface area contributed by atoms with Gasteiger partial charge in [0.1, 0.15) is 5.78 Å². The fraction of sp³-hybridized carbons (Fsp3) is 0.714. The van der Waals surface area contributed by atoms with E-state index in [4.69, 9.17) is 0 Å². The molecule has 0 aliphatic heterocycles. The Balaban J connectivity index is 0. The van der Waals surface area contributed by atoms with Crippen molar-refractivity contribution in [3.63, 3.8) is 0 Å². The number of carbonyl (C=O) groups is 1. The van der Waals surface area contributed by atoms with Crippen LogP contribution in [0.2, 0.25) is 0 Å². The smallest absolute Gasteiger partial charge is 0.136 e. The number of nitrogens with one attached hydrogen (secondary N) is 1. The molecule has 0 bridgehead atoms. The van der Waals surface area contributed by atoms with E-state index in [1.165, 1.54) is 0 Å². The molecule has 0 fully saturated rings. The van der Waals surface area contributed by atoms with Gasteiger partial charge in [0.15, 0.2) is 0 Å². The van der Waals surface area contributed by atoms with Crippen molar-refractivity contribution in [1.82, 2.24) is 9.97 Å². The van der Waals surface area contributed by atoms with Gasteiger partial charge in [-0.2, -0.15) is 0 Å². The monoisotopic (exact) mass is 240 g/mol. The zero-order valence-electron chi connectivity index (χ0n) is 12.4. The van der Waals surface area contributed by atoms with Crippen molar-refractivity contribution in [2.75, 3.05) is 0 Å². The third kappa shape index (κ3) is 6.25. The number of nitrogens with zero attached hydrogens (tertiary/aromatic N) is 1. The van der Waals surface area contributed by atoms with Gasteiger partial charge in [0.2, 0.25) is 0 Å². The summed E-state index contributed by atoms with van der Waals surface area (Å²) in [6.07, 6.45) is 5.03. The van der Waals surface area contributed by atoms with Crippen molar-refractivity contribution < 1.29 is 4.79 Å². The lowest BCUT2D eigenvalue weighted by atomic mass is 9.79. The zero-order chi connectivity index (χ0) is 13.9. The Morgan fingerprint density at radius 1 is 1.35 bits per heavy atom. The molecule has 1 N–H and O–H groups in total. The third-order valence-corrected chi connectivity index (χ3v) is 2.77. The maximum absolute atomic E-state index is 11.4. The van der Waals surface area contributed by atoms with Gasteiger partial charge in [-0.3, -0.25) is 4.79 Å². The van der Waals surface area contributed by atoms with Gasteiger partial charge in [0.25, 0.3) is 0 Å². The second-order valence-corrected chi connectivity index (χ2v) is 3.72. The number of hydrogen-bond donors (Lipinski definition) is 1. The molecule has 100 valence electrons. The molecular weight excluding hydrogens is 212 g/mol. The second-order valence-electron chi connectivity index (χ2n) is 3.72. The topological polar surface area (TPSA) is 45.8 Å². The van der Waals surface area contributed by atoms with E-state index >= 15 is 0 Å². The highest BCUT2D eigenvalue weighted by atomic mass is 16.1. The molecule has 0 radical (unpaired) electrons. The summed E-state index contributed by atoms with van der Waals surface area (Å²) in [5.74, 6) is 0.240. The van der Waals surface area contributed by atoms with Crippen LogP contribution in [0.1, 0.15) is 60.6 Å². The highest BCUT2D eigenvalue weighted by Gasteiger charge is 2.28. The number of aromatic amines is 1. The Bertz CT molecular complexity index is 280. The Kier molecular flexibility index (Phi) is 10.8. The van der Waals surface area contributed by atoms with E-state index in [9.17, 15) is 4.79 Å². The molecule has 0 spiro atoms. The summed E-state index contributed by atoms with van der Waals surface area (Å²) in [5, 5.41) is 0. The number of H-pyrrole nitrogens is 1. The summed E-state index contributed by atoms with van der Waals surface area (Å²) < 4.78 is 0. The third-order valence-electron chi connectivity index (χ3n) is 2.77. The summed E-state index contributed by atoms with van der Waals surface area (Å²) in [6, 6.07) is 0. The molecule has 0 aliphatic rings. The first kappa shape index (κ1) is 18.3. The van der Waals surface area contributed by atoms with Crippen LogP contribution in [0.5, 0.6) is 0 Å².